The Morgan fingerprint density at radius 1 is 0.737 bits per heavy atom. The normalized spacial score (nSPS) is 10.7. The van der Waals surface area contributed by atoms with E-state index in [-0.39, 0.29) is 0 Å². The summed E-state index contributed by atoms with van der Waals surface area (Å²) in [5, 5.41) is 2.90. The molecule has 3 nitrogen and oxygen atoms in total. The van der Waals surface area contributed by atoms with E-state index < -0.39 is 0 Å². The Hall–Kier alpha value is -2.68. The lowest BCUT2D eigenvalue weighted by atomic mass is 9.92. The first-order valence-electron chi connectivity index (χ1n) is 5.91. The minimum atomic E-state index is 0.508. The van der Waals surface area contributed by atoms with Crippen LogP contribution in [0.3, 0.4) is 0 Å². The molecule has 0 aliphatic carbocycles. The van der Waals surface area contributed by atoms with Crippen molar-refractivity contribution in [2.45, 2.75) is 0 Å². The molecule has 3 aromatic carbocycles. The van der Waals surface area contributed by atoms with E-state index in [2.05, 4.69) is 0 Å². The lowest BCUT2D eigenvalue weighted by Gasteiger charge is -2.11. The molecule has 2 N–H and O–H groups in total. The van der Waals surface area contributed by atoms with Gasteiger partial charge in [-0.2, -0.15) is 0 Å². The van der Waals surface area contributed by atoms with Crippen LogP contribution in [0, 0.1) is 0 Å². The minimum absolute atomic E-state index is 0.508. The molecule has 0 heterocycles. The summed E-state index contributed by atoms with van der Waals surface area (Å²) in [5.41, 5.74) is 7.59. The molecular weight excluding hydrogens is 238 g/mol. The Bertz CT molecular complexity index is 822. The summed E-state index contributed by atoms with van der Waals surface area (Å²) in [4.78, 5) is 22.9. The minimum Gasteiger partial charge on any atom is -0.398 e. The summed E-state index contributed by atoms with van der Waals surface area (Å²) in [5.74, 6) is 0. The smallest absolute Gasteiger partial charge is 0.151 e. The number of hydrogen-bond acceptors (Lipinski definition) is 3. The highest BCUT2D eigenvalue weighted by atomic mass is 16.1. The van der Waals surface area contributed by atoms with Gasteiger partial charge in [-0.05, 0) is 22.2 Å². The van der Waals surface area contributed by atoms with E-state index in [0.717, 1.165) is 28.7 Å². The summed E-state index contributed by atoms with van der Waals surface area (Å²) in [6.45, 7) is 0. The van der Waals surface area contributed by atoms with Crippen molar-refractivity contribution in [3.8, 4) is 0 Å². The summed E-state index contributed by atoms with van der Waals surface area (Å²) in [7, 11) is 0. The Morgan fingerprint density at radius 2 is 1.32 bits per heavy atom. The zero-order chi connectivity index (χ0) is 13.4. The molecule has 0 atom stereocenters. The van der Waals surface area contributed by atoms with E-state index >= 15 is 0 Å². The third-order valence-corrected chi connectivity index (χ3v) is 3.40. The second kappa shape index (κ2) is 4.21. The fraction of sp³-hybridized carbons (Fsp3) is 0. The van der Waals surface area contributed by atoms with Gasteiger partial charge in [0.25, 0.3) is 0 Å². The van der Waals surface area contributed by atoms with Crippen LogP contribution < -0.4 is 5.73 Å². The second-order valence-electron chi connectivity index (χ2n) is 4.38. The SMILES string of the molecule is Nc1cccc2c(C=O)c3ccccc3c(C=O)c12. The van der Waals surface area contributed by atoms with Crippen LogP contribution in [0.5, 0.6) is 0 Å². The van der Waals surface area contributed by atoms with Crippen molar-refractivity contribution < 1.29 is 9.59 Å². The van der Waals surface area contributed by atoms with Crippen LogP contribution in [0.15, 0.2) is 42.5 Å². The molecule has 0 unspecified atom stereocenters. The molecule has 0 radical (unpaired) electrons. The van der Waals surface area contributed by atoms with E-state index in [0.29, 0.717) is 22.2 Å². The molecule has 0 aliphatic rings. The van der Waals surface area contributed by atoms with Crippen LogP contribution in [0.25, 0.3) is 21.5 Å². The molecule has 3 rings (SSSR count). The van der Waals surface area contributed by atoms with E-state index in [1.165, 1.54) is 0 Å². The quantitative estimate of drug-likeness (QED) is 0.431. The predicted molar refractivity (Wildman–Crippen MR) is 76.6 cm³/mol. The van der Waals surface area contributed by atoms with Crippen molar-refractivity contribution in [3.63, 3.8) is 0 Å². The molecule has 0 aliphatic heterocycles. The molecule has 0 amide bonds. The first kappa shape index (κ1) is 11.4. The number of fused-ring (bicyclic) bond motifs is 2. The number of nitrogen functional groups attached to an aromatic ring is 1. The van der Waals surface area contributed by atoms with Gasteiger partial charge in [-0.1, -0.05) is 36.4 Å². The molecule has 92 valence electrons. The van der Waals surface area contributed by atoms with Crippen molar-refractivity contribution in [3.05, 3.63) is 53.6 Å². The Morgan fingerprint density at radius 3 is 1.95 bits per heavy atom. The van der Waals surface area contributed by atoms with Crippen LogP contribution in [0.1, 0.15) is 20.7 Å². The number of benzene rings is 3. The molecule has 0 fully saturated rings. The molecular formula is C16H11NO2. The van der Waals surface area contributed by atoms with Crippen molar-refractivity contribution in [2.75, 3.05) is 5.73 Å². The van der Waals surface area contributed by atoms with Crippen molar-refractivity contribution >= 4 is 39.8 Å². The molecule has 3 aromatic rings. The molecule has 0 saturated carbocycles. The Balaban J connectivity index is 2.73. The standard InChI is InChI=1S/C16H11NO2/c17-15-7-3-6-12-13(8-18)10-4-1-2-5-11(10)14(9-19)16(12)15/h1-9H,17H2. The van der Waals surface area contributed by atoms with Gasteiger partial charge in [-0.15, -0.1) is 0 Å². The highest BCUT2D eigenvalue weighted by Gasteiger charge is 2.14. The molecule has 0 aromatic heterocycles. The van der Waals surface area contributed by atoms with Crippen molar-refractivity contribution in [2.24, 2.45) is 0 Å². The van der Waals surface area contributed by atoms with Crippen LogP contribution in [0.4, 0.5) is 5.69 Å². The fourth-order valence-corrected chi connectivity index (χ4v) is 2.58. The average Bonchev–Trinajstić information content (AvgIpc) is 2.45. The number of hydrogen-bond donors (Lipinski definition) is 1. The van der Waals surface area contributed by atoms with Crippen LogP contribution in [-0.2, 0) is 0 Å². The third-order valence-electron chi connectivity index (χ3n) is 3.40. The number of rotatable bonds is 2. The fourth-order valence-electron chi connectivity index (χ4n) is 2.58. The third kappa shape index (κ3) is 1.52. The van der Waals surface area contributed by atoms with Crippen molar-refractivity contribution in [1.29, 1.82) is 0 Å². The summed E-state index contributed by atoms with van der Waals surface area (Å²) >= 11 is 0. The number of aldehydes is 2. The lowest BCUT2D eigenvalue weighted by Crippen LogP contribution is -1.97. The zero-order valence-corrected chi connectivity index (χ0v) is 10.1. The summed E-state index contributed by atoms with van der Waals surface area (Å²) in [6.07, 6.45) is 1.62. The largest absolute Gasteiger partial charge is 0.398 e. The van der Waals surface area contributed by atoms with Gasteiger partial charge in [-0.25, -0.2) is 0 Å². The maximum Gasteiger partial charge on any atom is 0.151 e. The predicted octanol–water partition coefficient (Wildman–Crippen LogP) is 3.20. The van der Waals surface area contributed by atoms with Crippen LogP contribution in [0.2, 0.25) is 0 Å². The first-order valence-corrected chi connectivity index (χ1v) is 5.91. The highest BCUT2D eigenvalue weighted by Crippen LogP contribution is 2.34. The molecule has 3 heteroatoms. The van der Waals surface area contributed by atoms with Gasteiger partial charge < -0.3 is 5.73 Å². The van der Waals surface area contributed by atoms with E-state index in [4.69, 9.17) is 5.73 Å². The van der Waals surface area contributed by atoms with Gasteiger partial charge in [0.2, 0.25) is 0 Å². The van der Waals surface area contributed by atoms with E-state index in [1.54, 1.807) is 12.1 Å². The number of carbonyl (C=O) groups excluding carboxylic acids is 2. The average molecular weight is 249 g/mol. The summed E-state index contributed by atoms with van der Waals surface area (Å²) < 4.78 is 0. The maximum absolute atomic E-state index is 11.4. The van der Waals surface area contributed by atoms with Gasteiger partial charge in [0.1, 0.15) is 0 Å². The maximum atomic E-state index is 11.4. The molecule has 0 saturated heterocycles. The highest BCUT2D eigenvalue weighted by molar-refractivity contribution is 6.22. The van der Waals surface area contributed by atoms with Gasteiger partial charge >= 0.3 is 0 Å². The van der Waals surface area contributed by atoms with Crippen LogP contribution >= 0.6 is 0 Å². The Kier molecular flexibility index (Phi) is 2.53. The molecule has 0 spiro atoms. The van der Waals surface area contributed by atoms with Gasteiger partial charge in [0.15, 0.2) is 12.6 Å². The molecule has 0 bridgehead atoms. The molecule has 19 heavy (non-hydrogen) atoms. The van der Waals surface area contributed by atoms with Crippen molar-refractivity contribution in [1.82, 2.24) is 0 Å². The van der Waals surface area contributed by atoms with Gasteiger partial charge in [-0.3, -0.25) is 9.59 Å². The first-order chi connectivity index (χ1) is 9.27. The van der Waals surface area contributed by atoms with E-state index in [9.17, 15) is 9.59 Å². The topological polar surface area (TPSA) is 60.2 Å². The van der Waals surface area contributed by atoms with E-state index in [1.807, 2.05) is 30.3 Å². The monoisotopic (exact) mass is 249 g/mol. The Labute approximate surface area is 109 Å². The summed E-state index contributed by atoms with van der Waals surface area (Å²) in [6, 6.07) is 12.7. The number of carbonyl (C=O) groups is 2. The van der Waals surface area contributed by atoms with Crippen LogP contribution in [-0.4, -0.2) is 12.6 Å². The number of nitrogens with two attached hydrogens (primary N) is 1. The second-order valence-corrected chi connectivity index (χ2v) is 4.38. The van der Waals surface area contributed by atoms with Gasteiger partial charge in [0.05, 0.1) is 0 Å². The van der Waals surface area contributed by atoms with Gasteiger partial charge in [0, 0.05) is 22.2 Å². The number of anilines is 1. The zero-order valence-electron chi connectivity index (χ0n) is 10.1. The lowest BCUT2D eigenvalue weighted by molar-refractivity contribution is 0.111.